The molecule has 2 aromatic carbocycles. The van der Waals surface area contributed by atoms with Crippen molar-refractivity contribution in [3.05, 3.63) is 70.4 Å². The van der Waals surface area contributed by atoms with Crippen LogP contribution in [0.3, 0.4) is 0 Å². The van der Waals surface area contributed by atoms with Crippen molar-refractivity contribution in [1.29, 1.82) is 0 Å². The van der Waals surface area contributed by atoms with Gasteiger partial charge in [0.15, 0.2) is 0 Å². The summed E-state index contributed by atoms with van der Waals surface area (Å²) in [4.78, 5) is 38.7. The van der Waals surface area contributed by atoms with Gasteiger partial charge in [-0.2, -0.15) is 0 Å². The van der Waals surface area contributed by atoms with Gasteiger partial charge in [0, 0.05) is 35.3 Å². The summed E-state index contributed by atoms with van der Waals surface area (Å²) in [6, 6.07) is 13.0. The van der Waals surface area contributed by atoms with E-state index in [2.05, 4.69) is 15.6 Å². The van der Waals surface area contributed by atoms with Crippen LogP contribution < -0.4 is 10.6 Å². The summed E-state index contributed by atoms with van der Waals surface area (Å²) in [7, 11) is 0. The maximum Gasteiger partial charge on any atom is 0.326 e. The Kier molecular flexibility index (Phi) is 7.27. The van der Waals surface area contributed by atoms with Crippen LogP contribution in [0.5, 0.6) is 0 Å². The second kappa shape index (κ2) is 10.1. The highest BCUT2D eigenvalue weighted by atomic mass is 35.5. The van der Waals surface area contributed by atoms with Gasteiger partial charge in [-0.25, -0.2) is 4.79 Å². The number of rotatable bonds is 9. The highest BCUT2D eigenvalue weighted by molar-refractivity contribution is 6.35. The number of carbonyl (C=O) groups is 3. The van der Waals surface area contributed by atoms with E-state index in [1.165, 1.54) is 0 Å². The van der Waals surface area contributed by atoms with Crippen LogP contribution in [-0.4, -0.2) is 39.1 Å². The number of benzene rings is 2. The third-order valence-corrected chi connectivity index (χ3v) is 5.16. The monoisotopic (exact) mass is 455 g/mol. The van der Waals surface area contributed by atoms with Crippen LogP contribution >= 0.6 is 11.6 Å². The molecule has 0 aliphatic carbocycles. The molecule has 9 heteroatoms. The highest BCUT2D eigenvalue weighted by Crippen LogP contribution is 2.24. The van der Waals surface area contributed by atoms with Crippen LogP contribution in [0.2, 0.25) is 5.02 Å². The molecule has 0 spiro atoms. The third-order valence-electron chi connectivity index (χ3n) is 4.84. The van der Waals surface area contributed by atoms with E-state index in [0.29, 0.717) is 11.6 Å². The lowest BCUT2D eigenvalue weighted by molar-refractivity contribution is -0.140. The first-order valence-electron chi connectivity index (χ1n) is 9.88. The molecular formula is C23H22ClN3O5. The zero-order valence-electron chi connectivity index (χ0n) is 17.3. The lowest BCUT2D eigenvalue weighted by Crippen LogP contribution is -2.41. The molecule has 4 N–H and O–H groups in total. The summed E-state index contributed by atoms with van der Waals surface area (Å²) in [5.41, 5.74) is 3.74. The Hall–Kier alpha value is -3.65. The van der Waals surface area contributed by atoms with Crippen molar-refractivity contribution < 1.29 is 24.6 Å². The predicted molar refractivity (Wildman–Crippen MR) is 121 cm³/mol. The minimum atomic E-state index is -1.28. The molecule has 0 aliphatic heterocycles. The maximum absolute atomic E-state index is 12.3. The van der Waals surface area contributed by atoms with Gasteiger partial charge in [0.1, 0.15) is 6.04 Å². The van der Waals surface area contributed by atoms with E-state index in [1.54, 1.807) is 24.3 Å². The predicted octanol–water partition coefficient (Wildman–Crippen LogP) is 3.86. The third kappa shape index (κ3) is 5.95. The Balaban J connectivity index is 1.62. The van der Waals surface area contributed by atoms with E-state index in [1.807, 2.05) is 31.2 Å². The second-order valence-corrected chi connectivity index (χ2v) is 7.73. The number of hydrogen-bond acceptors (Lipinski definition) is 5. The average Bonchev–Trinajstić information content (AvgIpc) is 2.75. The molecule has 0 radical (unpaired) electrons. The van der Waals surface area contributed by atoms with Crippen molar-refractivity contribution in [2.75, 3.05) is 5.32 Å². The van der Waals surface area contributed by atoms with Crippen molar-refractivity contribution in [2.45, 2.75) is 32.4 Å². The number of amides is 1. The van der Waals surface area contributed by atoms with Gasteiger partial charge in [-0.05, 0) is 61.4 Å². The average molecular weight is 456 g/mol. The summed E-state index contributed by atoms with van der Waals surface area (Å²) < 4.78 is 0. The standard InChI is InChI=1S/C23H22ClN3O5/c1-13-10-18(24)17-11-14(2-7-19(17)26-13)12-25-16-5-3-15(4-6-16)22(30)27-20(23(31)32)8-9-21(28)29/h2-7,10-11,20,25H,8-9,12H2,1H3,(H,27,30)(H,28,29)(H,31,32)/t20-/m0/s1. The smallest absolute Gasteiger partial charge is 0.326 e. The van der Waals surface area contributed by atoms with Crippen LogP contribution in [0.15, 0.2) is 48.5 Å². The number of carbonyl (C=O) groups excluding carboxylic acids is 1. The van der Waals surface area contributed by atoms with Crippen LogP contribution in [0, 0.1) is 6.92 Å². The number of halogens is 1. The Morgan fingerprint density at radius 1 is 1.06 bits per heavy atom. The molecule has 0 bridgehead atoms. The number of fused-ring (bicyclic) bond motifs is 1. The molecule has 1 aromatic heterocycles. The van der Waals surface area contributed by atoms with E-state index < -0.39 is 23.9 Å². The van der Waals surface area contributed by atoms with E-state index in [0.717, 1.165) is 27.8 Å². The van der Waals surface area contributed by atoms with E-state index in [9.17, 15) is 19.5 Å². The van der Waals surface area contributed by atoms with Gasteiger partial charge < -0.3 is 20.8 Å². The number of carboxylic acid groups (broad SMARTS) is 2. The molecule has 0 saturated heterocycles. The zero-order chi connectivity index (χ0) is 23.3. The molecule has 166 valence electrons. The Bertz CT molecular complexity index is 1160. The highest BCUT2D eigenvalue weighted by Gasteiger charge is 2.21. The maximum atomic E-state index is 12.3. The molecule has 0 aliphatic rings. The topological polar surface area (TPSA) is 129 Å². The summed E-state index contributed by atoms with van der Waals surface area (Å²) in [6.07, 6.45) is -0.545. The number of nitrogens with zero attached hydrogens (tertiary/aromatic N) is 1. The van der Waals surface area contributed by atoms with Gasteiger partial charge in [0.2, 0.25) is 0 Å². The van der Waals surface area contributed by atoms with Crippen LogP contribution in [0.1, 0.15) is 34.5 Å². The van der Waals surface area contributed by atoms with Gasteiger partial charge in [0.25, 0.3) is 5.91 Å². The minimum absolute atomic E-state index is 0.194. The molecule has 1 amide bonds. The lowest BCUT2D eigenvalue weighted by atomic mass is 10.1. The minimum Gasteiger partial charge on any atom is -0.481 e. The van der Waals surface area contributed by atoms with Crippen LogP contribution in [0.25, 0.3) is 10.9 Å². The summed E-state index contributed by atoms with van der Waals surface area (Å²) in [5, 5.41) is 25.0. The quantitative estimate of drug-likeness (QED) is 0.385. The summed E-state index contributed by atoms with van der Waals surface area (Å²) in [6.45, 7) is 2.42. The first kappa shape index (κ1) is 23.0. The largest absolute Gasteiger partial charge is 0.481 e. The SMILES string of the molecule is Cc1cc(Cl)c2cc(CNc3ccc(C(=O)N[C@@H](CCC(=O)O)C(=O)O)cc3)ccc2n1. The molecule has 8 nitrogen and oxygen atoms in total. The van der Waals surface area contributed by atoms with Crippen molar-refractivity contribution in [3.63, 3.8) is 0 Å². The summed E-state index contributed by atoms with van der Waals surface area (Å²) in [5.74, 6) is -2.99. The number of anilines is 1. The molecule has 1 heterocycles. The normalized spacial score (nSPS) is 11.7. The first-order chi connectivity index (χ1) is 15.2. The van der Waals surface area contributed by atoms with Crippen LogP contribution in [-0.2, 0) is 16.1 Å². The van der Waals surface area contributed by atoms with E-state index in [4.69, 9.17) is 16.7 Å². The molecule has 0 fully saturated rings. The number of aryl methyl sites for hydroxylation is 1. The first-order valence-corrected chi connectivity index (χ1v) is 10.3. The molecule has 3 aromatic rings. The van der Waals surface area contributed by atoms with Gasteiger partial charge in [-0.1, -0.05) is 17.7 Å². The Morgan fingerprint density at radius 2 is 1.78 bits per heavy atom. The molecule has 3 rings (SSSR count). The van der Waals surface area contributed by atoms with Crippen molar-refractivity contribution in [2.24, 2.45) is 0 Å². The van der Waals surface area contributed by atoms with Gasteiger partial charge in [-0.15, -0.1) is 0 Å². The van der Waals surface area contributed by atoms with Crippen molar-refractivity contribution in [1.82, 2.24) is 10.3 Å². The molecular weight excluding hydrogens is 434 g/mol. The number of hydrogen-bond donors (Lipinski definition) is 4. The molecule has 0 saturated carbocycles. The lowest BCUT2D eigenvalue weighted by Gasteiger charge is -2.14. The summed E-state index contributed by atoms with van der Waals surface area (Å²) >= 11 is 6.33. The Morgan fingerprint density at radius 3 is 2.44 bits per heavy atom. The number of aromatic nitrogens is 1. The van der Waals surface area contributed by atoms with Crippen molar-refractivity contribution >= 4 is 46.0 Å². The molecule has 32 heavy (non-hydrogen) atoms. The van der Waals surface area contributed by atoms with Gasteiger partial charge in [-0.3, -0.25) is 14.6 Å². The van der Waals surface area contributed by atoms with Gasteiger partial charge in [0.05, 0.1) is 10.5 Å². The fourth-order valence-corrected chi connectivity index (χ4v) is 3.48. The number of pyridine rings is 1. The van der Waals surface area contributed by atoms with Crippen LogP contribution in [0.4, 0.5) is 5.69 Å². The number of nitrogens with one attached hydrogen (secondary N) is 2. The fourth-order valence-electron chi connectivity index (χ4n) is 3.18. The molecule has 1 atom stereocenters. The molecule has 0 unspecified atom stereocenters. The second-order valence-electron chi connectivity index (χ2n) is 7.32. The van der Waals surface area contributed by atoms with E-state index >= 15 is 0 Å². The van der Waals surface area contributed by atoms with Gasteiger partial charge >= 0.3 is 11.9 Å². The number of aliphatic carboxylic acids is 2. The number of carboxylic acids is 2. The zero-order valence-corrected chi connectivity index (χ0v) is 18.0. The fraction of sp³-hybridized carbons (Fsp3) is 0.217. The van der Waals surface area contributed by atoms with E-state index in [-0.39, 0.29) is 18.4 Å². The van der Waals surface area contributed by atoms with Crippen molar-refractivity contribution in [3.8, 4) is 0 Å². The Labute approximate surface area is 189 Å².